The smallest absolute Gasteiger partial charge is 0.0595 e. The van der Waals surface area contributed by atoms with Crippen molar-refractivity contribution in [3.05, 3.63) is 33.8 Å². The van der Waals surface area contributed by atoms with Gasteiger partial charge >= 0.3 is 0 Å². The molecule has 2 atom stereocenters. The van der Waals surface area contributed by atoms with E-state index in [0.29, 0.717) is 22.0 Å². The van der Waals surface area contributed by atoms with Crippen molar-refractivity contribution in [2.24, 2.45) is 5.92 Å². The van der Waals surface area contributed by atoms with Crippen LogP contribution in [0, 0.1) is 5.92 Å². The minimum Gasteiger partial charge on any atom is -0.381 e. The van der Waals surface area contributed by atoms with Crippen molar-refractivity contribution in [3.8, 4) is 0 Å². The monoisotopic (exact) mass is 273 g/mol. The molecule has 0 radical (unpaired) electrons. The summed E-state index contributed by atoms with van der Waals surface area (Å²) in [6.07, 6.45) is 1.15. The maximum Gasteiger partial charge on any atom is 0.0595 e. The summed E-state index contributed by atoms with van der Waals surface area (Å²) < 4.78 is 5.39. The summed E-state index contributed by atoms with van der Waals surface area (Å²) in [4.78, 5) is 0. The third-order valence-corrected chi connectivity index (χ3v) is 4.02. The highest BCUT2D eigenvalue weighted by Gasteiger charge is 2.21. The zero-order valence-corrected chi connectivity index (χ0v) is 11.4. The van der Waals surface area contributed by atoms with Crippen molar-refractivity contribution in [1.29, 1.82) is 0 Å². The van der Waals surface area contributed by atoms with E-state index in [9.17, 15) is 0 Å². The van der Waals surface area contributed by atoms with Crippen molar-refractivity contribution in [1.82, 2.24) is 5.32 Å². The van der Waals surface area contributed by atoms with Crippen LogP contribution in [-0.2, 0) is 11.3 Å². The number of halogens is 2. The van der Waals surface area contributed by atoms with Gasteiger partial charge in [0.05, 0.1) is 16.7 Å². The number of hydrogen-bond acceptors (Lipinski definition) is 2. The van der Waals surface area contributed by atoms with Crippen molar-refractivity contribution < 1.29 is 4.74 Å². The molecule has 2 rings (SSSR count). The number of nitrogens with one attached hydrogen (secondary N) is 1. The van der Waals surface area contributed by atoms with Gasteiger partial charge in [0.25, 0.3) is 0 Å². The van der Waals surface area contributed by atoms with Gasteiger partial charge in [-0.2, -0.15) is 0 Å². The molecular formula is C13H17Cl2NO. The van der Waals surface area contributed by atoms with Crippen LogP contribution in [0.15, 0.2) is 18.2 Å². The zero-order valence-electron chi connectivity index (χ0n) is 9.88. The molecule has 0 aromatic heterocycles. The molecule has 1 heterocycles. The molecule has 1 saturated heterocycles. The van der Waals surface area contributed by atoms with Crippen LogP contribution in [0.25, 0.3) is 0 Å². The van der Waals surface area contributed by atoms with Crippen LogP contribution in [0.4, 0.5) is 0 Å². The second kappa shape index (κ2) is 6.05. The van der Waals surface area contributed by atoms with Crippen LogP contribution >= 0.6 is 23.2 Å². The fourth-order valence-corrected chi connectivity index (χ4v) is 2.36. The van der Waals surface area contributed by atoms with Gasteiger partial charge in [-0.05, 0) is 37.0 Å². The lowest BCUT2D eigenvalue weighted by molar-refractivity contribution is 0.178. The first-order valence-corrected chi connectivity index (χ1v) is 6.67. The summed E-state index contributed by atoms with van der Waals surface area (Å²) in [6, 6.07) is 6.21. The lowest BCUT2D eigenvalue weighted by atomic mass is 10.0. The standard InChI is InChI=1S/C13H17Cl2NO/c1-9(11-4-5-17-8-11)16-7-10-2-3-12(14)13(15)6-10/h2-3,6,9,11,16H,4-5,7-8H2,1H3. The highest BCUT2D eigenvalue weighted by molar-refractivity contribution is 6.42. The van der Waals surface area contributed by atoms with Gasteiger partial charge in [-0.25, -0.2) is 0 Å². The minimum absolute atomic E-state index is 0.465. The van der Waals surface area contributed by atoms with Crippen molar-refractivity contribution in [2.45, 2.75) is 25.9 Å². The van der Waals surface area contributed by atoms with Crippen LogP contribution < -0.4 is 5.32 Å². The van der Waals surface area contributed by atoms with Crippen molar-refractivity contribution in [2.75, 3.05) is 13.2 Å². The Morgan fingerprint density at radius 3 is 2.88 bits per heavy atom. The predicted octanol–water partition coefficient (Wildman–Crippen LogP) is 3.51. The molecule has 1 aromatic carbocycles. The average molecular weight is 274 g/mol. The van der Waals surface area contributed by atoms with Gasteiger partial charge in [-0.15, -0.1) is 0 Å². The van der Waals surface area contributed by atoms with Gasteiger partial charge < -0.3 is 10.1 Å². The largest absolute Gasteiger partial charge is 0.381 e. The molecule has 0 saturated carbocycles. The van der Waals surface area contributed by atoms with E-state index >= 15 is 0 Å². The average Bonchev–Trinajstić information content (AvgIpc) is 2.84. The SMILES string of the molecule is CC(NCc1ccc(Cl)c(Cl)c1)C1CCOC1. The highest BCUT2D eigenvalue weighted by atomic mass is 35.5. The van der Waals surface area contributed by atoms with E-state index in [-0.39, 0.29) is 0 Å². The maximum absolute atomic E-state index is 5.98. The number of rotatable bonds is 4. The fraction of sp³-hybridized carbons (Fsp3) is 0.538. The van der Waals surface area contributed by atoms with Crippen molar-refractivity contribution in [3.63, 3.8) is 0 Å². The Morgan fingerprint density at radius 1 is 1.41 bits per heavy atom. The van der Waals surface area contributed by atoms with Gasteiger partial charge in [-0.1, -0.05) is 29.3 Å². The molecule has 0 spiro atoms. The molecule has 1 N–H and O–H groups in total. The van der Waals surface area contributed by atoms with E-state index in [1.54, 1.807) is 0 Å². The molecule has 0 bridgehead atoms. The number of ether oxygens (including phenoxy) is 1. The van der Waals surface area contributed by atoms with E-state index in [4.69, 9.17) is 27.9 Å². The molecule has 2 nitrogen and oxygen atoms in total. The molecular weight excluding hydrogens is 257 g/mol. The topological polar surface area (TPSA) is 21.3 Å². The zero-order chi connectivity index (χ0) is 12.3. The number of benzene rings is 1. The van der Waals surface area contributed by atoms with Gasteiger partial charge in [0.2, 0.25) is 0 Å². The Balaban J connectivity index is 1.86. The Bertz CT molecular complexity index is 378. The van der Waals surface area contributed by atoms with E-state index in [0.717, 1.165) is 31.7 Å². The Kier molecular flexibility index (Phi) is 4.69. The van der Waals surface area contributed by atoms with E-state index in [1.807, 2.05) is 18.2 Å². The summed E-state index contributed by atoms with van der Waals surface area (Å²) in [5, 5.41) is 4.72. The molecule has 1 aromatic rings. The summed E-state index contributed by atoms with van der Waals surface area (Å²) in [7, 11) is 0. The lowest BCUT2D eigenvalue weighted by Crippen LogP contribution is -2.33. The fourth-order valence-electron chi connectivity index (χ4n) is 2.04. The quantitative estimate of drug-likeness (QED) is 0.907. The summed E-state index contributed by atoms with van der Waals surface area (Å²) >= 11 is 11.9. The molecule has 0 aliphatic carbocycles. The summed E-state index contributed by atoms with van der Waals surface area (Å²) in [5.41, 5.74) is 1.16. The molecule has 17 heavy (non-hydrogen) atoms. The summed E-state index contributed by atoms with van der Waals surface area (Å²) in [5.74, 6) is 0.623. The van der Waals surface area contributed by atoms with Gasteiger partial charge in [0.15, 0.2) is 0 Å². The van der Waals surface area contributed by atoms with E-state index < -0.39 is 0 Å². The molecule has 1 fully saturated rings. The third-order valence-electron chi connectivity index (χ3n) is 3.28. The van der Waals surface area contributed by atoms with E-state index in [1.165, 1.54) is 0 Å². The van der Waals surface area contributed by atoms with Gasteiger partial charge in [0, 0.05) is 19.2 Å². The first kappa shape index (κ1) is 13.2. The Morgan fingerprint density at radius 2 is 2.24 bits per heavy atom. The van der Waals surface area contributed by atoms with Crippen molar-refractivity contribution >= 4 is 23.2 Å². The second-order valence-electron chi connectivity index (χ2n) is 4.54. The highest BCUT2D eigenvalue weighted by Crippen LogP contribution is 2.23. The molecule has 4 heteroatoms. The predicted molar refractivity (Wildman–Crippen MR) is 71.7 cm³/mol. The Hall–Kier alpha value is -0.280. The van der Waals surface area contributed by atoms with Crippen LogP contribution in [0.5, 0.6) is 0 Å². The van der Waals surface area contributed by atoms with Crippen LogP contribution in [-0.4, -0.2) is 19.3 Å². The number of hydrogen-bond donors (Lipinski definition) is 1. The maximum atomic E-state index is 5.98. The summed E-state index contributed by atoms with van der Waals surface area (Å²) in [6.45, 7) is 4.78. The first-order valence-electron chi connectivity index (χ1n) is 5.92. The molecule has 94 valence electrons. The lowest BCUT2D eigenvalue weighted by Gasteiger charge is -2.19. The molecule has 1 aliphatic heterocycles. The van der Waals surface area contributed by atoms with Gasteiger partial charge in [0.1, 0.15) is 0 Å². The third kappa shape index (κ3) is 3.59. The van der Waals surface area contributed by atoms with Crippen LogP contribution in [0.1, 0.15) is 18.9 Å². The van der Waals surface area contributed by atoms with Crippen LogP contribution in [0.3, 0.4) is 0 Å². The second-order valence-corrected chi connectivity index (χ2v) is 5.36. The van der Waals surface area contributed by atoms with Gasteiger partial charge in [-0.3, -0.25) is 0 Å². The van der Waals surface area contributed by atoms with E-state index in [2.05, 4.69) is 12.2 Å². The Labute approximate surface area is 112 Å². The first-order chi connectivity index (χ1) is 8.16. The molecule has 0 amide bonds. The van der Waals surface area contributed by atoms with Crippen LogP contribution in [0.2, 0.25) is 10.0 Å². The molecule has 2 unspecified atom stereocenters. The molecule has 1 aliphatic rings. The normalized spacial score (nSPS) is 21.7. The minimum atomic E-state index is 0.465.